The topological polar surface area (TPSA) is 12.0 Å². The lowest BCUT2D eigenvalue weighted by Crippen LogP contribution is -2.22. The van der Waals surface area contributed by atoms with Gasteiger partial charge in [0.25, 0.3) is 0 Å². The van der Waals surface area contributed by atoms with Crippen LogP contribution in [0.3, 0.4) is 0 Å². The van der Waals surface area contributed by atoms with Gasteiger partial charge in [-0.25, -0.2) is 0 Å². The minimum absolute atomic E-state index is 0.282. The molecule has 0 aliphatic heterocycles. The lowest BCUT2D eigenvalue weighted by Gasteiger charge is -2.06. The fourth-order valence-corrected chi connectivity index (χ4v) is 1.08. The molecule has 1 unspecified atom stereocenters. The summed E-state index contributed by atoms with van der Waals surface area (Å²) in [6.45, 7) is 7.48. The molecule has 0 rings (SSSR count). The van der Waals surface area contributed by atoms with E-state index >= 15 is 0 Å². The van der Waals surface area contributed by atoms with Crippen LogP contribution in [0.2, 0.25) is 0 Å². The summed E-state index contributed by atoms with van der Waals surface area (Å²) >= 11 is 5.92. The lowest BCUT2D eigenvalue weighted by atomic mass is 10.2. The molecule has 0 radical (unpaired) electrons. The van der Waals surface area contributed by atoms with E-state index in [1.807, 2.05) is 6.08 Å². The van der Waals surface area contributed by atoms with E-state index in [1.54, 1.807) is 0 Å². The minimum atomic E-state index is 0.282. The van der Waals surface area contributed by atoms with Gasteiger partial charge in [0.1, 0.15) is 0 Å². The highest BCUT2D eigenvalue weighted by Crippen LogP contribution is 2.02. The summed E-state index contributed by atoms with van der Waals surface area (Å²) in [6, 6.07) is 0. The Morgan fingerprint density at radius 1 is 1.70 bits per heavy atom. The van der Waals surface area contributed by atoms with Gasteiger partial charge >= 0.3 is 0 Å². The molecule has 0 heterocycles. The van der Waals surface area contributed by atoms with Gasteiger partial charge in [-0.15, -0.1) is 18.2 Å². The lowest BCUT2D eigenvalue weighted by molar-refractivity contribution is 0.654. The van der Waals surface area contributed by atoms with E-state index in [2.05, 4.69) is 18.8 Å². The molecule has 0 saturated carbocycles. The molecule has 0 fully saturated rings. The van der Waals surface area contributed by atoms with Crippen LogP contribution in [0.25, 0.3) is 0 Å². The van der Waals surface area contributed by atoms with Crippen molar-refractivity contribution in [2.75, 3.05) is 13.1 Å². The van der Waals surface area contributed by atoms with E-state index in [-0.39, 0.29) is 5.38 Å². The summed E-state index contributed by atoms with van der Waals surface area (Å²) in [5, 5.41) is 3.45. The van der Waals surface area contributed by atoms with Crippen LogP contribution < -0.4 is 5.32 Å². The molecule has 1 atom stereocenters. The number of hydrogen-bond acceptors (Lipinski definition) is 1. The van der Waals surface area contributed by atoms with Gasteiger partial charge in [0.15, 0.2) is 0 Å². The van der Waals surface area contributed by atoms with Crippen molar-refractivity contribution in [2.45, 2.75) is 25.1 Å². The Labute approximate surface area is 68.5 Å². The number of hydrogen-bond donors (Lipinski definition) is 1. The molecule has 0 spiro atoms. The largest absolute Gasteiger partial charge is 0.312 e. The molecule has 0 saturated heterocycles. The molecule has 60 valence electrons. The first-order chi connectivity index (χ1) is 4.81. The second kappa shape index (κ2) is 7.10. The zero-order valence-electron chi connectivity index (χ0n) is 6.57. The molecule has 0 aliphatic carbocycles. The second-order valence-corrected chi connectivity index (χ2v) is 2.95. The number of alkyl halides is 1. The average molecular weight is 162 g/mol. The van der Waals surface area contributed by atoms with Crippen molar-refractivity contribution in [1.29, 1.82) is 0 Å². The molecule has 0 bridgehead atoms. The molecule has 0 aromatic carbocycles. The Bertz CT molecular complexity index is 83.3. The molecule has 10 heavy (non-hydrogen) atoms. The van der Waals surface area contributed by atoms with Gasteiger partial charge in [0.05, 0.1) is 0 Å². The van der Waals surface area contributed by atoms with E-state index in [4.69, 9.17) is 11.6 Å². The monoisotopic (exact) mass is 161 g/mol. The van der Waals surface area contributed by atoms with Gasteiger partial charge in [-0.3, -0.25) is 0 Å². The van der Waals surface area contributed by atoms with Crippen molar-refractivity contribution in [3.63, 3.8) is 0 Å². The van der Waals surface area contributed by atoms with Crippen LogP contribution in [0.5, 0.6) is 0 Å². The second-order valence-electron chi connectivity index (χ2n) is 2.33. The van der Waals surface area contributed by atoms with Crippen molar-refractivity contribution in [2.24, 2.45) is 0 Å². The van der Waals surface area contributed by atoms with Crippen LogP contribution in [-0.2, 0) is 0 Å². The average Bonchev–Trinajstić information content (AvgIpc) is 1.89. The molecular formula is C8H16ClN. The Balaban J connectivity index is 3.04. The first kappa shape index (κ1) is 9.99. The Hall–Kier alpha value is -0.0100. The molecule has 0 aliphatic rings. The third kappa shape index (κ3) is 6.12. The predicted octanol–water partition coefficient (Wildman–Crippen LogP) is 2.17. The van der Waals surface area contributed by atoms with Gasteiger partial charge in [0.2, 0.25) is 0 Å². The van der Waals surface area contributed by atoms with Crippen LogP contribution in [0.4, 0.5) is 0 Å². The van der Waals surface area contributed by atoms with Crippen molar-refractivity contribution < 1.29 is 0 Å². The molecule has 0 aromatic heterocycles. The Kier molecular flexibility index (Phi) is 7.09. The van der Waals surface area contributed by atoms with Crippen molar-refractivity contribution in [3.05, 3.63) is 12.7 Å². The summed E-state index contributed by atoms with van der Waals surface area (Å²) in [5.74, 6) is 0. The fourth-order valence-electron chi connectivity index (χ4n) is 0.757. The van der Waals surface area contributed by atoms with Crippen molar-refractivity contribution in [1.82, 2.24) is 5.32 Å². The van der Waals surface area contributed by atoms with Crippen LogP contribution >= 0.6 is 11.6 Å². The van der Waals surface area contributed by atoms with Gasteiger partial charge in [-0.2, -0.15) is 0 Å². The fraction of sp³-hybridized carbons (Fsp3) is 0.750. The van der Waals surface area contributed by atoms with E-state index < -0.39 is 0 Å². The zero-order chi connectivity index (χ0) is 7.82. The molecule has 0 amide bonds. The van der Waals surface area contributed by atoms with Crippen molar-refractivity contribution in [3.8, 4) is 0 Å². The Morgan fingerprint density at radius 2 is 2.40 bits per heavy atom. The maximum absolute atomic E-state index is 5.92. The van der Waals surface area contributed by atoms with Gasteiger partial charge in [0, 0.05) is 18.5 Å². The molecule has 2 heteroatoms. The number of halogens is 1. The smallest absolute Gasteiger partial charge is 0.0460 e. The highest BCUT2D eigenvalue weighted by Gasteiger charge is 1.99. The summed E-state index contributed by atoms with van der Waals surface area (Å²) in [4.78, 5) is 0. The highest BCUT2D eigenvalue weighted by molar-refractivity contribution is 6.20. The van der Waals surface area contributed by atoms with E-state index in [0.29, 0.717) is 0 Å². The number of rotatable bonds is 6. The van der Waals surface area contributed by atoms with Crippen LogP contribution in [-0.4, -0.2) is 18.5 Å². The van der Waals surface area contributed by atoms with Gasteiger partial charge in [-0.05, 0) is 6.42 Å². The third-order valence-electron chi connectivity index (χ3n) is 1.26. The summed E-state index contributed by atoms with van der Waals surface area (Å²) in [5.41, 5.74) is 0. The maximum Gasteiger partial charge on any atom is 0.0460 e. The normalized spacial score (nSPS) is 13.0. The molecule has 1 N–H and O–H groups in total. The molecule has 0 aromatic rings. The van der Waals surface area contributed by atoms with Gasteiger partial charge in [-0.1, -0.05) is 19.4 Å². The standard InChI is InChI=1S/C8H16ClN/c1-3-5-8(9)7-10-6-4-2/h4,8,10H,2-3,5-7H2,1H3. The van der Waals surface area contributed by atoms with E-state index in [0.717, 1.165) is 25.9 Å². The molecular weight excluding hydrogens is 146 g/mol. The summed E-state index contributed by atoms with van der Waals surface area (Å²) < 4.78 is 0. The van der Waals surface area contributed by atoms with Crippen LogP contribution in [0, 0.1) is 0 Å². The first-order valence-electron chi connectivity index (χ1n) is 3.77. The Morgan fingerprint density at radius 3 is 2.90 bits per heavy atom. The summed E-state index contributed by atoms with van der Waals surface area (Å²) in [7, 11) is 0. The maximum atomic E-state index is 5.92. The molecule has 1 nitrogen and oxygen atoms in total. The first-order valence-corrected chi connectivity index (χ1v) is 4.20. The van der Waals surface area contributed by atoms with Crippen LogP contribution in [0.15, 0.2) is 12.7 Å². The zero-order valence-corrected chi connectivity index (χ0v) is 7.32. The van der Waals surface area contributed by atoms with E-state index in [9.17, 15) is 0 Å². The van der Waals surface area contributed by atoms with E-state index in [1.165, 1.54) is 0 Å². The van der Waals surface area contributed by atoms with Gasteiger partial charge < -0.3 is 5.32 Å². The number of nitrogens with one attached hydrogen (secondary N) is 1. The van der Waals surface area contributed by atoms with Crippen molar-refractivity contribution >= 4 is 11.6 Å². The van der Waals surface area contributed by atoms with Crippen LogP contribution in [0.1, 0.15) is 19.8 Å². The SMILES string of the molecule is C=CCNCC(Cl)CCC. The predicted molar refractivity (Wildman–Crippen MR) is 47.6 cm³/mol. The third-order valence-corrected chi connectivity index (χ3v) is 1.63. The minimum Gasteiger partial charge on any atom is -0.312 e. The summed E-state index contributed by atoms with van der Waals surface area (Å²) in [6.07, 6.45) is 4.09. The highest BCUT2D eigenvalue weighted by atomic mass is 35.5. The quantitative estimate of drug-likeness (QED) is 0.358.